The lowest BCUT2D eigenvalue weighted by Gasteiger charge is -2.30. The van der Waals surface area contributed by atoms with Crippen molar-refractivity contribution in [3.8, 4) is 0 Å². The SMILES string of the molecule is O=C(NCCCN1CCCC1=O)C1CCN(S(=O)(=O)c2cccs2)CC1. The number of hydrogen-bond donors (Lipinski definition) is 1. The fourth-order valence-electron chi connectivity index (χ4n) is 3.46. The van der Waals surface area contributed by atoms with Gasteiger partial charge in [0.15, 0.2) is 0 Å². The number of amides is 2. The van der Waals surface area contributed by atoms with E-state index in [0.717, 1.165) is 19.4 Å². The van der Waals surface area contributed by atoms with Gasteiger partial charge in [-0.05, 0) is 37.1 Å². The fourth-order valence-corrected chi connectivity index (χ4v) is 6.08. The number of thiophene rings is 1. The van der Waals surface area contributed by atoms with Gasteiger partial charge in [0.25, 0.3) is 10.0 Å². The van der Waals surface area contributed by atoms with Crippen LogP contribution in [0.15, 0.2) is 21.7 Å². The minimum atomic E-state index is -3.42. The summed E-state index contributed by atoms with van der Waals surface area (Å²) in [5, 5.41) is 4.68. The molecule has 2 fully saturated rings. The zero-order valence-electron chi connectivity index (χ0n) is 14.7. The lowest BCUT2D eigenvalue weighted by Crippen LogP contribution is -2.43. The predicted octanol–water partition coefficient (Wildman–Crippen LogP) is 1.28. The normalized spacial score (nSPS) is 19.8. The molecular weight excluding hydrogens is 374 g/mol. The highest BCUT2D eigenvalue weighted by atomic mass is 32.2. The monoisotopic (exact) mass is 399 g/mol. The maximum Gasteiger partial charge on any atom is 0.252 e. The Labute approximate surface area is 158 Å². The molecule has 0 aliphatic carbocycles. The third kappa shape index (κ3) is 4.44. The van der Waals surface area contributed by atoms with Crippen LogP contribution in [0.25, 0.3) is 0 Å². The molecule has 0 spiro atoms. The van der Waals surface area contributed by atoms with E-state index >= 15 is 0 Å². The van der Waals surface area contributed by atoms with Gasteiger partial charge in [0.05, 0.1) is 0 Å². The Kier molecular flexibility index (Phi) is 6.31. The number of carbonyl (C=O) groups excluding carboxylic acids is 2. The molecule has 2 aliphatic heterocycles. The van der Waals surface area contributed by atoms with Crippen LogP contribution in [0.4, 0.5) is 0 Å². The van der Waals surface area contributed by atoms with Crippen LogP contribution in [0.3, 0.4) is 0 Å². The number of rotatable bonds is 7. The first-order chi connectivity index (χ1) is 12.5. The second-order valence-electron chi connectivity index (χ2n) is 6.74. The molecule has 9 heteroatoms. The van der Waals surface area contributed by atoms with E-state index in [1.54, 1.807) is 17.5 Å². The zero-order chi connectivity index (χ0) is 18.6. The molecule has 144 valence electrons. The molecule has 2 amide bonds. The van der Waals surface area contributed by atoms with E-state index in [1.807, 2.05) is 4.90 Å². The quantitative estimate of drug-likeness (QED) is 0.700. The molecule has 0 bridgehead atoms. The van der Waals surface area contributed by atoms with Gasteiger partial charge in [-0.3, -0.25) is 9.59 Å². The topological polar surface area (TPSA) is 86.8 Å². The largest absolute Gasteiger partial charge is 0.356 e. The second kappa shape index (κ2) is 8.49. The van der Waals surface area contributed by atoms with Crippen LogP contribution in [-0.4, -0.2) is 62.2 Å². The first-order valence-electron chi connectivity index (χ1n) is 9.07. The summed E-state index contributed by atoms with van der Waals surface area (Å²) in [6.07, 6.45) is 3.41. The van der Waals surface area contributed by atoms with Crippen molar-refractivity contribution >= 4 is 33.2 Å². The van der Waals surface area contributed by atoms with E-state index in [9.17, 15) is 18.0 Å². The number of nitrogens with zero attached hydrogens (tertiary/aromatic N) is 2. The minimum absolute atomic E-state index is 0.00841. The number of hydrogen-bond acceptors (Lipinski definition) is 5. The average molecular weight is 400 g/mol. The van der Waals surface area contributed by atoms with Crippen LogP contribution >= 0.6 is 11.3 Å². The Morgan fingerprint density at radius 2 is 2.04 bits per heavy atom. The van der Waals surface area contributed by atoms with Gasteiger partial charge in [0.2, 0.25) is 11.8 Å². The minimum Gasteiger partial charge on any atom is -0.356 e. The Balaban J connectivity index is 1.39. The molecule has 0 saturated carbocycles. The molecule has 0 atom stereocenters. The number of likely N-dealkylation sites (tertiary alicyclic amines) is 1. The van der Waals surface area contributed by atoms with Gasteiger partial charge in [-0.1, -0.05) is 6.07 Å². The van der Waals surface area contributed by atoms with Gasteiger partial charge in [-0.15, -0.1) is 11.3 Å². The van der Waals surface area contributed by atoms with Gasteiger partial charge in [0, 0.05) is 45.1 Å². The van der Waals surface area contributed by atoms with Crippen molar-refractivity contribution in [2.24, 2.45) is 5.92 Å². The van der Waals surface area contributed by atoms with E-state index in [4.69, 9.17) is 0 Å². The Bertz CT molecular complexity index is 725. The first kappa shape index (κ1) is 19.3. The summed E-state index contributed by atoms with van der Waals surface area (Å²) in [4.78, 5) is 25.7. The molecule has 0 radical (unpaired) electrons. The van der Waals surface area contributed by atoms with Gasteiger partial charge in [0.1, 0.15) is 4.21 Å². The van der Waals surface area contributed by atoms with E-state index in [1.165, 1.54) is 15.6 Å². The summed E-state index contributed by atoms with van der Waals surface area (Å²) in [5.74, 6) is 0.0553. The van der Waals surface area contributed by atoms with Crippen LogP contribution in [0.5, 0.6) is 0 Å². The molecule has 2 saturated heterocycles. The van der Waals surface area contributed by atoms with Gasteiger partial charge in [-0.25, -0.2) is 8.42 Å². The highest BCUT2D eigenvalue weighted by Gasteiger charge is 2.32. The Morgan fingerprint density at radius 3 is 2.65 bits per heavy atom. The second-order valence-corrected chi connectivity index (χ2v) is 9.85. The van der Waals surface area contributed by atoms with Crippen molar-refractivity contribution < 1.29 is 18.0 Å². The summed E-state index contributed by atoms with van der Waals surface area (Å²) < 4.78 is 26.8. The van der Waals surface area contributed by atoms with Crippen LogP contribution in [0.1, 0.15) is 32.1 Å². The van der Waals surface area contributed by atoms with Crippen LogP contribution in [0.2, 0.25) is 0 Å². The van der Waals surface area contributed by atoms with Crippen molar-refractivity contribution in [1.29, 1.82) is 0 Å². The molecule has 3 heterocycles. The van der Waals surface area contributed by atoms with Crippen molar-refractivity contribution in [3.05, 3.63) is 17.5 Å². The smallest absolute Gasteiger partial charge is 0.252 e. The number of nitrogens with one attached hydrogen (secondary N) is 1. The summed E-state index contributed by atoms with van der Waals surface area (Å²) in [6, 6.07) is 3.34. The van der Waals surface area contributed by atoms with Gasteiger partial charge >= 0.3 is 0 Å². The molecule has 2 aliphatic rings. The number of carbonyl (C=O) groups is 2. The summed E-state index contributed by atoms with van der Waals surface area (Å²) in [6.45, 7) is 2.82. The number of sulfonamides is 1. The van der Waals surface area contributed by atoms with E-state index < -0.39 is 10.0 Å². The zero-order valence-corrected chi connectivity index (χ0v) is 16.4. The van der Waals surface area contributed by atoms with Crippen molar-refractivity contribution in [2.45, 2.75) is 36.3 Å². The van der Waals surface area contributed by atoms with Crippen LogP contribution in [-0.2, 0) is 19.6 Å². The Hall–Kier alpha value is -1.45. The number of piperidine rings is 1. The lowest BCUT2D eigenvalue weighted by molar-refractivity contribution is -0.127. The maximum absolute atomic E-state index is 12.5. The molecule has 0 unspecified atom stereocenters. The highest BCUT2D eigenvalue weighted by Crippen LogP contribution is 2.26. The summed E-state index contributed by atoms with van der Waals surface area (Å²) in [7, 11) is -3.42. The third-order valence-electron chi connectivity index (χ3n) is 4.99. The Morgan fingerprint density at radius 1 is 1.27 bits per heavy atom. The molecule has 1 aromatic rings. The maximum atomic E-state index is 12.5. The van der Waals surface area contributed by atoms with Crippen molar-refractivity contribution in [1.82, 2.24) is 14.5 Å². The standard InChI is InChI=1S/C17H25N3O4S2/c21-15-4-1-9-19(15)10-3-8-18-17(22)14-6-11-20(12-7-14)26(23,24)16-5-2-13-25-16/h2,5,13-14H,1,3-4,6-12H2,(H,18,22). The highest BCUT2D eigenvalue weighted by molar-refractivity contribution is 7.91. The fraction of sp³-hybridized carbons (Fsp3) is 0.647. The molecule has 26 heavy (non-hydrogen) atoms. The van der Waals surface area contributed by atoms with Gasteiger partial charge in [-0.2, -0.15) is 4.31 Å². The third-order valence-corrected chi connectivity index (χ3v) is 8.26. The molecular formula is C17H25N3O4S2. The first-order valence-corrected chi connectivity index (χ1v) is 11.4. The van der Waals surface area contributed by atoms with E-state index in [0.29, 0.717) is 49.7 Å². The average Bonchev–Trinajstić information content (AvgIpc) is 3.31. The molecule has 0 aromatic carbocycles. The molecule has 1 aromatic heterocycles. The molecule has 1 N–H and O–H groups in total. The summed E-state index contributed by atoms with van der Waals surface area (Å²) >= 11 is 1.22. The van der Waals surface area contributed by atoms with E-state index in [2.05, 4.69) is 5.32 Å². The van der Waals surface area contributed by atoms with Crippen molar-refractivity contribution in [3.63, 3.8) is 0 Å². The lowest BCUT2D eigenvalue weighted by atomic mass is 9.97. The van der Waals surface area contributed by atoms with Crippen LogP contribution < -0.4 is 5.32 Å². The molecule has 3 rings (SSSR count). The molecule has 7 nitrogen and oxygen atoms in total. The van der Waals surface area contributed by atoms with E-state index in [-0.39, 0.29) is 17.7 Å². The predicted molar refractivity (Wildman–Crippen MR) is 99.2 cm³/mol. The van der Waals surface area contributed by atoms with Crippen LogP contribution in [0, 0.1) is 5.92 Å². The van der Waals surface area contributed by atoms with Crippen molar-refractivity contribution in [2.75, 3.05) is 32.7 Å². The van der Waals surface area contributed by atoms with Gasteiger partial charge < -0.3 is 10.2 Å². The summed E-state index contributed by atoms with van der Waals surface area (Å²) in [5.41, 5.74) is 0.